The second kappa shape index (κ2) is 5.21. The first-order chi connectivity index (χ1) is 9.09. The minimum Gasteiger partial charge on any atom is -0.316 e. The number of halogens is 1. The molecule has 0 fully saturated rings. The molecule has 1 aromatic heterocycles. The molecule has 1 heterocycles. The van der Waals surface area contributed by atoms with Gasteiger partial charge in [-0.25, -0.2) is 4.98 Å². The molecule has 0 radical (unpaired) electrons. The fraction of sp³-hybridized carbons (Fsp3) is 0. The molecular weight excluding hydrogens is 253 g/mol. The minimum absolute atomic E-state index is 0.000697. The van der Waals surface area contributed by atoms with Gasteiger partial charge in [0.05, 0.1) is 10.5 Å². The molecule has 0 aliphatic carbocycles. The fourth-order valence-corrected chi connectivity index (χ4v) is 1.48. The van der Waals surface area contributed by atoms with Crippen molar-refractivity contribution in [2.45, 2.75) is 0 Å². The Kier molecular flexibility index (Phi) is 3.46. The van der Waals surface area contributed by atoms with Crippen LogP contribution in [0.25, 0.3) is 0 Å². The zero-order valence-corrected chi connectivity index (χ0v) is 9.54. The monoisotopic (exact) mass is 261 g/mol. The van der Waals surface area contributed by atoms with E-state index in [2.05, 4.69) is 10.3 Å². The minimum atomic E-state index is -0.932. The van der Waals surface area contributed by atoms with Crippen LogP contribution in [-0.2, 0) is 0 Å². The second-order valence-corrected chi connectivity index (χ2v) is 3.57. The number of hydrogen-bond donors (Lipinski definition) is 1. The van der Waals surface area contributed by atoms with Crippen LogP contribution in [0, 0.1) is 16.1 Å². The number of aromatic nitrogens is 1. The summed E-state index contributed by atoms with van der Waals surface area (Å²) in [7, 11) is 0. The zero-order valence-electron chi connectivity index (χ0n) is 9.54. The Hall–Kier alpha value is -2.83. The number of hydrogen-bond acceptors (Lipinski definition) is 4. The molecule has 0 saturated heterocycles. The fourth-order valence-electron chi connectivity index (χ4n) is 1.48. The van der Waals surface area contributed by atoms with Crippen LogP contribution in [0.3, 0.4) is 0 Å². The molecule has 0 aliphatic rings. The predicted molar refractivity (Wildman–Crippen MR) is 65.2 cm³/mol. The average Bonchev–Trinajstić information content (AvgIpc) is 2.39. The Morgan fingerprint density at radius 2 is 2.00 bits per heavy atom. The van der Waals surface area contributed by atoms with Crippen LogP contribution < -0.4 is 5.32 Å². The molecule has 1 N–H and O–H groups in total. The molecule has 0 atom stereocenters. The van der Waals surface area contributed by atoms with Crippen molar-refractivity contribution in [3.63, 3.8) is 0 Å². The smallest absolute Gasteiger partial charge is 0.292 e. The molecule has 2 rings (SSSR count). The number of carbonyl (C=O) groups excluding carboxylic acids is 1. The number of pyridine rings is 1. The van der Waals surface area contributed by atoms with Gasteiger partial charge in [0.1, 0.15) is 5.69 Å². The summed E-state index contributed by atoms with van der Waals surface area (Å²) in [6.45, 7) is 0. The van der Waals surface area contributed by atoms with Crippen LogP contribution >= 0.6 is 0 Å². The number of nitro benzene ring substituents is 1. The van der Waals surface area contributed by atoms with Crippen molar-refractivity contribution in [3.05, 3.63) is 64.2 Å². The molecule has 0 spiro atoms. The summed E-state index contributed by atoms with van der Waals surface area (Å²) in [6.07, 6.45) is 1.21. The Morgan fingerprint density at radius 1 is 1.26 bits per heavy atom. The first-order valence-corrected chi connectivity index (χ1v) is 5.25. The van der Waals surface area contributed by atoms with Crippen molar-refractivity contribution < 1.29 is 14.1 Å². The van der Waals surface area contributed by atoms with Gasteiger partial charge < -0.3 is 5.32 Å². The van der Waals surface area contributed by atoms with Crippen LogP contribution in [0.4, 0.5) is 15.8 Å². The van der Waals surface area contributed by atoms with E-state index in [1.165, 1.54) is 42.6 Å². The van der Waals surface area contributed by atoms with Gasteiger partial charge in [-0.3, -0.25) is 14.9 Å². The van der Waals surface area contributed by atoms with Crippen molar-refractivity contribution in [1.29, 1.82) is 0 Å². The van der Waals surface area contributed by atoms with E-state index in [1.807, 2.05) is 0 Å². The van der Waals surface area contributed by atoms with E-state index in [0.29, 0.717) is 0 Å². The molecule has 0 aliphatic heterocycles. The number of amides is 1. The van der Waals surface area contributed by atoms with E-state index in [4.69, 9.17) is 0 Å². The van der Waals surface area contributed by atoms with Crippen LogP contribution in [-0.4, -0.2) is 15.8 Å². The second-order valence-electron chi connectivity index (χ2n) is 3.57. The Balaban J connectivity index is 2.30. The predicted octanol–water partition coefficient (Wildman–Crippen LogP) is 2.38. The first-order valence-electron chi connectivity index (χ1n) is 5.25. The maximum atomic E-state index is 13.3. The van der Waals surface area contributed by atoms with Crippen molar-refractivity contribution in [2.24, 2.45) is 0 Å². The molecule has 0 unspecified atom stereocenters. The third-order valence-corrected chi connectivity index (χ3v) is 2.35. The molecule has 96 valence electrons. The van der Waals surface area contributed by atoms with Gasteiger partial charge >= 0.3 is 0 Å². The standard InChI is InChI=1S/C12H8FN3O3/c13-11-8(4-3-7-14-11)12(17)15-9-5-1-2-6-10(9)16(18)19/h1-7H,(H,15,17). The number of para-hydroxylation sites is 2. The number of nitrogens with one attached hydrogen (secondary N) is 1. The highest BCUT2D eigenvalue weighted by Gasteiger charge is 2.17. The van der Waals surface area contributed by atoms with E-state index in [1.54, 1.807) is 0 Å². The summed E-state index contributed by atoms with van der Waals surface area (Å²) < 4.78 is 13.3. The molecule has 6 nitrogen and oxygen atoms in total. The van der Waals surface area contributed by atoms with Gasteiger partial charge in [0.2, 0.25) is 5.95 Å². The quantitative estimate of drug-likeness (QED) is 0.522. The Morgan fingerprint density at radius 3 is 2.68 bits per heavy atom. The van der Waals surface area contributed by atoms with E-state index >= 15 is 0 Å². The summed E-state index contributed by atoms with van der Waals surface area (Å²) >= 11 is 0. The maximum absolute atomic E-state index is 13.3. The van der Waals surface area contributed by atoms with Gasteiger partial charge in [-0.05, 0) is 18.2 Å². The number of carbonyl (C=O) groups is 1. The van der Waals surface area contributed by atoms with Crippen molar-refractivity contribution in [1.82, 2.24) is 4.98 Å². The lowest BCUT2D eigenvalue weighted by Crippen LogP contribution is -2.15. The number of anilines is 1. The lowest BCUT2D eigenvalue weighted by atomic mass is 10.2. The molecule has 0 saturated carbocycles. The lowest BCUT2D eigenvalue weighted by Gasteiger charge is -2.05. The van der Waals surface area contributed by atoms with Crippen molar-refractivity contribution in [2.75, 3.05) is 5.32 Å². The first kappa shape index (κ1) is 12.6. The topological polar surface area (TPSA) is 85.1 Å². The van der Waals surface area contributed by atoms with E-state index in [0.717, 1.165) is 0 Å². The summed E-state index contributed by atoms with van der Waals surface area (Å²) in [5.74, 6) is -1.72. The average molecular weight is 261 g/mol. The van der Waals surface area contributed by atoms with Crippen LogP contribution in [0.5, 0.6) is 0 Å². The summed E-state index contributed by atoms with van der Waals surface area (Å²) in [5.41, 5.74) is -0.540. The zero-order chi connectivity index (χ0) is 13.8. The lowest BCUT2D eigenvalue weighted by molar-refractivity contribution is -0.383. The van der Waals surface area contributed by atoms with Crippen molar-refractivity contribution >= 4 is 17.3 Å². The molecular formula is C12H8FN3O3. The summed E-state index contributed by atoms with van der Waals surface area (Å²) in [5, 5.41) is 13.1. The highest BCUT2D eigenvalue weighted by Crippen LogP contribution is 2.23. The molecule has 1 aromatic carbocycles. The molecule has 0 bridgehead atoms. The SMILES string of the molecule is O=C(Nc1ccccc1[N+](=O)[O-])c1cccnc1F. The van der Waals surface area contributed by atoms with Gasteiger partial charge in [-0.1, -0.05) is 12.1 Å². The number of benzene rings is 1. The maximum Gasteiger partial charge on any atom is 0.292 e. The Bertz CT molecular complexity index is 646. The van der Waals surface area contributed by atoms with Gasteiger partial charge in [-0.15, -0.1) is 0 Å². The van der Waals surface area contributed by atoms with Gasteiger partial charge in [0.15, 0.2) is 0 Å². The third kappa shape index (κ3) is 2.71. The van der Waals surface area contributed by atoms with Crippen LogP contribution in [0.15, 0.2) is 42.6 Å². The van der Waals surface area contributed by atoms with Gasteiger partial charge in [0, 0.05) is 12.3 Å². The number of rotatable bonds is 3. The molecule has 1 amide bonds. The Labute approximate surface area is 107 Å². The third-order valence-electron chi connectivity index (χ3n) is 2.35. The van der Waals surface area contributed by atoms with Gasteiger partial charge in [-0.2, -0.15) is 4.39 Å². The molecule has 2 aromatic rings. The number of nitro groups is 1. The van der Waals surface area contributed by atoms with E-state index in [9.17, 15) is 19.3 Å². The number of nitrogens with zero attached hydrogens (tertiary/aromatic N) is 2. The largest absolute Gasteiger partial charge is 0.316 e. The van der Waals surface area contributed by atoms with E-state index in [-0.39, 0.29) is 16.9 Å². The highest BCUT2D eigenvalue weighted by molar-refractivity contribution is 6.05. The molecule has 19 heavy (non-hydrogen) atoms. The van der Waals surface area contributed by atoms with Gasteiger partial charge in [0.25, 0.3) is 11.6 Å². The summed E-state index contributed by atoms with van der Waals surface area (Å²) in [4.78, 5) is 25.3. The summed E-state index contributed by atoms with van der Waals surface area (Å²) in [6, 6.07) is 8.25. The van der Waals surface area contributed by atoms with Crippen molar-refractivity contribution in [3.8, 4) is 0 Å². The highest BCUT2D eigenvalue weighted by atomic mass is 19.1. The van der Waals surface area contributed by atoms with E-state index < -0.39 is 16.8 Å². The van der Waals surface area contributed by atoms with Crippen LogP contribution in [0.2, 0.25) is 0 Å². The normalized spacial score (nSPS) is 9.95. The molecule has 7 heteroatoms. The van der Waals surface area contributed by atoms with Crippen LogP contribution in [0.1, 0.15) is 10.4 Å².